The summed E-state index contributed by atoms with van der Waals surface area (Å²) in [6, 6.07) is 36.5. The van der Waals surface area contributed by atoms with Gasteiger partial charge in [-0.15, -0.1) is 0 Å². The molecule has 0 spiro atoms. The normalized spacial score (nSPS) is 11.9. The molecule has 6 nitrogen and oxygen atoms in total. The van der Waals surface area contributed by atoms with Gasteiger partial charge >= 0.3 is 0 Å². The molecule has 1 atom stereocenters. The summed E-state index contributed by atoms with van der Waals surface area (Å²) in [6.07, 6.45) is 0. The molecule has 0 fully saturated rings. The lowest BCUT2D eigenvalue weighted by atomic mass is 9.90. The first-order valence-electron chi connectivity index (χ1n) is 12.5. The van der Waals surface area contributed by atoms with E-state index in [1.165, 1.54) is 11.1 Å². The number of anilines is 3. The predicted octanol–water partition coefficient (Wildman–Crippen LogP) is 5.13. The Morgan fingerprint density at radius 2 is 1.32 bits per heavy atom. The van der Waals surface area contributed by atoms with Crippen LogP contribution in [-0.2, 0) is 0 Å². The van der Waals surface area contributed by atoms with Crippen molar-refractivity contribution < 1.29 is 4.74 Å². The molecule has 6 heteroatoms. The van der Waals surface area contributed by atoms with E-state index in [1.807, 2.05) is 60.7 Å². The minimum atomic E-state index is -0.644. The number of hydrogen-bond donors (Lipinski definition) is 3. The van der Waals surface area contributed by atoms with Crippen molar-refractivity contribution in [3.8, 4) is 5.75 Å². The summed E-state index contributed by atoms with van der Waals surface area (Å²) in [5.41, 5.74) is 9.82. The molecule has 0 saturated heterocycles. The molecular weight excluding hydrogens is 474 g/mol. The van der Waals surface area contributed by atoms with Gasteiger partial charge in [0.15, 0.2) is 0 Å². The molecular formula is C32H29N3O3. The summed E-state index contributed by atoms with van der Waals surface area (Å²) in [5, 5.41) is 6.82. The first-order chi connectivity index (χ1) is 18.5. The number of nitrogen functional groups attached to an aromatic ring is 1. The molecule has 0 aliphatic heterocycles. The number of hydrogen-bond acceptors (Lipinski definition) is 6. The van der Waals surface area contributed by atoms with Crippen molar-refractivity contribution in [2.75, 3.05) is 24.7 Å². The number of rotatable bonds is 10. The number of methoxy groups -OCH3 is 1. The third-order valence-electron chi connectivity index (χ3n) is 6.82. The van der Waals surface area contributed by atoms with Crippen LogP contribution in [0.15, 0.2) is 119 Å². The summed E-state index contributed by atoms with van der Waals surface area (Å²) < 4.78 is 5.37. The second-order valence-electron chi connectivity index (χ2n) is 9.19. The fraction of sp³-hybridized carbons (Fsp3) is 0.125. The minimum Gasteiger partial charge on any atom is -0.497 e. The van der Waals surface area contributed by atoms with E-state index >= 15 is 0 Å². The maximum atomic E-state index is 11.9. The fourth-order valence-electron chi connectivity index (χ4n) is 4.73. The Balaban J connectivity index is 1.48. The molecule has 0 radical (unpaired) electrons. The highest BCUT2D eigenvalue weighted by molar-refractivity contribution is 5.76. The smallest absolute Gasteiger partial charge is 0.253 e. The number of benzene rings is 4. The van der Waals surface area contributed by atoms with Gasteiger partial charge in [0.2, 0.25) is 0 Å². The van der Waals surface area contributed by atoms with Crippen LogP contribution in [0.2, 0.25) is 0 Å². The average Bonchev–Trinajstić information content (AvgIpc) is 2.99. The van der Waals surface area contributed by atoms with E-state index in [0.717, 1.165) is 16.9 Å². The average molecular weight is 504 g/mol. The highest BCUT2D eigenvalue weighted by Crippen LogP contribution is 2.30. The fourth-order valence-corrected chi connectivity index (χ4v) is 4.73. The van der Waals surface area contributed by atoms with Crippen molar-refractivity contribution in [3.05, 3.63) is 152 Å². The first-order valence-corrected chi connectivity index (χ1v) is 12.5. The van der Waals surface area contributed by atoms with Gasteiger partial charge in [0.05, 0.1) is 13.2 Å². The molecule has 5 aromatic carbocycles. The van der Waals surface area contributed by atoms with E-state index in [2.05, 4.69) is 59.2 Å². The molecule has 0 aliphatic rings. The third kappa shape index (κ3) is 5.21. The van der Waals surface area contributed by atoms with Crippen molar-refractivity contribution in [2.24, 2.45) is 0 Å². The largest absolute Gasteiger partial charge is 0.497 e. The Morgan fingerprint density at radius 3 is 1.89 bits per heavy atom. The van der Waals surface area contributed by atoms with Crippen LogP contribution in [-0.4, -0.2) is 13.7 Å². The van der Waals surface area contributed by atoms with Crippen molar-refractivity contribution in [3.63, 3.8) is 0 Å². The Hall–Kier alpha value is -4.68. The zero-order chi connectivity index (χ0) is 26.5. The Morgan fingerprint density at radius 1 is 0.711 bits per heavy atom. The zero-order valence-corrected chi connectivity index (χ0v) is 21.1. The maximum absolute atomic E-state index is 11.9. The van der Waals surface area contributed by atoms with Crippen LogP contribution in [0.25, 0.3) is 0 Å². The van der Waals surface area contributed by atoms with Gasteiger partial charge in [-0.3, -0.25) is 9.59 Å². The van der Waals surface area contributed by atoms with Gasteiger partial charge in [0.1, 0.15) is 17.1 Å². The van der Waals surface area contributed by atoms with E-state index in [-0.39, 0.29) is 23.3 Å². The standard InChI is InChI=1S/C32H29N3O3/c1-38-26-17-15-23(16-18-26)29(24-13-8-14-25(19-24)35-30-28(33)31(36)32(30)37)34-20-27(21-9-4-2-5-10-21)22-11-6-3-7-12-22/h2-19,27,29,34-35H,20,33H2,1H3. The minimum absolute atomic E-state index is 0.0289. The monoisotopic (exact) mass is 503 g/mol. The van der Waals surface area contributed by atoms with Crippen LogP contribution in [0, 0.1) is 0 Å². The van der Waals surface area contributed by atoms with E-state index in [0.29, 0.717) is 12.2 Å². The van der Waals surface area contributed by atoms with Gasteiger partial charge in [-0.1, -0.05) is 84.9 Å². The summed E-state index contributed by atoms with van der Waals surface area (Å²) in [4.78, 5) is 23.5. The second-order valence-corrected chi connectivity index (χ2v) is 9.19. The van der Waals surface area contributed by atoms with Crippen LogP contribution < -0.4 is 32.0 Å². The van der Waals surface area contributed by atoms with Crippen LogP contribution >= 0.6 is 0 Å². The Labute approximate surface area is 221 Å². The van der Waals surface area contributed by atoms with Crippen molar-refractivity contribution in [1.82, 2.24) is 5.32 Å². The van der Waals surface area contributed by atoms with Crippen molar-refractivity contribution >= 4 is 17.1 Å². The van der Waals surface area contributed by atoms with Crippen LogP contribution in [0.5, 0.6) is 5.75 Å². The molecule has 4 N–H and O–H groups in total. The zero-order valence-electron chi connectivity index (χ0n) is 21.1. The third-order valence-corrected chi connectivity index (χ3v) is 6.82. The number of nitrogens with two attached hydrogens (primary N) is 1. The van der Waals surface area contributed by atoms with E-state index in [4.69, 9.17) is 10.5 Å². The van der Waals surface area contributed by atoms with Crippen LogP contribution in [0.1, 0.15) is 34.2 Å². The first kappa shape index (κ1) is 25.0. The molecule has 190 valence electrons. The maximum Gasteiger partial charge on any atom is 0.253 e. The van der Waals surface area contributed by atoms with Crippen LogP contribution in [0.3, 0.4) is 0 Å². The number of ether oxygens (including phenoxy) is 1. The van der Waals surface area contributed by atoms with Gasteiger partial charge in [-0.25, -0.2) is 0 Å². The van der Waals surface area contributed by atoms with Crippen molar-refractivity contribution in [2.45, 2.75) is 12.0 Å². The molecule has 1 unspecified atom stereocenters. The molecule has 5 aromatic rings. The van der Waals surface area contributed by atoms with Gasteiger partial charge in [0.25, 0.3) is 10.9 Å². The summed E-state index contributed by atoms with van der Waals surface area (Å²) in [6.45, 7) is 0.688. The SMILES string of the molecule is COc1ccc(C(NCC(c2ccccc2)c2ccccc2)c2cccc(Nc3c(N)c(=O)c3=O)c2)cc1. The summed E-state index contributed by atoms with van der Waals surface area (Å²) in [5.74, 6) is 0.924. The predicted molar refractivity (Wildman–Crippen MR) is 153 cm³/mol. The van der Waals surface area contributed by atoms with Gasteiger partial charge < -0.3 is 21.1 Å². The topological polar surface area (TPSA) is 93.4 Å². The van der Waals surface area contributed by atoms with Gasteiger partial charge in [0, 0.05) is 18.2 Å². The quantitative estimate of drug-likeness (QED) is 0.229. The highest BCUT2D eigenvalue weighted by Gasteiger charge is 2.21. The molecule has 0 aromatic heterocycles. The molecule has 0 heterocycles. The van der Waals surface area contributed by atoms with Gasteiger partial charge in [-0.05, 0) is 46.5 Å². The molecule has 0 aliphatic carbocycles. The van der Waals surface area contributed by atoms with E-state index < -0.39 is 10.9 Å². The lowest BCUT2D eigenvalue weighted by molar-refractivity contribution is 0.414. The lowest BCUT2D eigenvalue weighted by Gasteiger charge is -2.25. The second kappa shape index (κ2) is 11.2. The van der Waals surface area contributed by atoms with Crippen molar-refractivity contribution in [1.29, 1.82) is 0 Å². The van der Waals surface area contributed by atoms with E-state index in [9.17, 15) is 9.59 Å². The molecule has 38 heavy (non-hydrogen) atoms. The lowest BCUT2D eigenvalue weighted by Crippen LogP contribution is -2.36. The molecule has 0 saturated carbocycles. The molecule has 0 bridgehead atoms. The summed E-state index contributed by atoms with van der Waals surface area (Å²) >= 11 is 0. The highest BCUT2D eigenvalue weighted by atomic mass is 16.5. The Kier molecular flexibility index (Phi) is 7.33. The molecule has 0 amide bonds. The van der Waals surface area contributed by atoms with Crippen LogP contribution in [0.4, 0.5) is 17.1 Å². The van der Waals surface area contributed by atoms with E-state index in [1.54, 1.807) is 7.11 Å². The van der Waals surface area contributed by atoms with Gasteiger partial charge in [-0.2, -0.15) is 0 Å². The molecule has 5 rings (SSSR count). The number of nitrogens with one attached hydrogen (secondary N) is 2. The Bertz CT molecular complexity index is 1540. The summed E-state index contributed by atoms with van der Waals surface area (Å²) in [7, 11) is 1.65.